The van der Waals surface area contributed by atoms with E-state index in [1.807, 2.05) is 13.8 Å². The van der Waals surface area contributed by atoms with E-state index in [9.17, 15) is 5.11 Å². The van der Waals surface area contributed by atoms with Crippen molar-refractivity contribution in [2.24, 2.45) is 5.92 Å². The maximum Gasteiger partial charge on any atom is 0.157 e. The Hall–Kier alpha value is -0.120. The van der Waals surface area contributed by atoms with Crippen molar-refractivity contribution in [1.82, 2.24) is 0 Å². The summed E-state index contributed by atoms with van der Waals surface area (Å²) in [5, 5.41) is 9.56. The van der Waals surface area contributed by atoms with Crippen LogP contribution in [-0.2, 0) is 9.47 Å². The van der Waals surface area contributed by atoms with Gasteiger partial charge in [0, 0.05) is 0 Å². The van der Waals surface area contributed by atoms with E-state index in [0.717, 1.165) is 38.9 Å². The molecule has 1 fully saturated rings. The average Bonchev–Trinajstić information content (AvgIpc) is 2.64. The molecular weight excluding hydrogens is 180 g/mol. The predicted molar refractivity (Wildman–Crippen MR) is 55.0 cm³/mol. The summed E-state index contributed by atoms with van der Waals surface area (Å²) >= 11 is 0. The molecule has 3 nitrogen and oxygen atoms in total. The molecular formula is C11H22O3. The maximum atomic E-state index is 9.56. The van der Waals surface area contributed by atoms with Gasteiger partial charge in [0.2, 0.25) is 0 Å². The van der Waals surface area contributed by atoms with Crippen LogP contribution in [0.5, 0.6) is 0 Å². The number of hydrogen-bond acceptors (Lipinski definition) is 3. The quantitative estimate of drug-likeness (QED) is 0.669. The van der Waals surface area contributed by atoms with Crippen molar-refractivity contribution in [2.75, 3.05) is 13.2 Å². The molecule has 3 heteroatoms. The number of ether oxygens (including phenoxy) is 2. The number of hydrogen-bond donors (Lipinski definition) is 1. The van der Waals surface area contributed by atoms with E-state index in [1.165, 1.54) is 0 Å². The van der Waals surface area contributed by atoms with E-state index < -0.39 is 0 Å². The number of unbranched alkanes of at least 4 members (excludes halogenated alkanes) is 1. The van der Waals surface area contributed by atoms with Crippen molar-refractivity contribution in [2.45, 2.75) is 51.9 Å². The number of rotatable bonds is 6. The van der Waals surface area contributed by atoms with E-state index in [-0.39, 0.29) is 12.4 Å². The minimum absolute atomic E-state index is 0.0196. The van der Waals surface area contributed by atoms with Gasteiger partial charge in [-0.2, -0.15) is 0 Å². The zero-order chi connectivity index (χ0) is 10.4. The Labute approximate surface area is 86.4 Å². The van der Waals surface area contributed by atoms with Crippen molar-refractivity contribution in [3.63, 3.8) is 0 Å². The summed E-state index contributed by atoms with van der Waals surface area (Å²) < 4.78 is 10.6. The first-order chi connectivity index (χ1) is 6.70. The molecule has 1 saturated heterocycles. The van der Waals surface area contributed by atoms with Crippen LogP contribution in [0.25, 0.3) is 0 Å². The molecule has 0 aromatic heterocycles. The highest BCUT2D eigenvalue weighted by atomic mass is 16.7. The topological polar surface area (TPSA) is 38.7 Å². The summed E-state index contributed by atoms with van der Waals surface area (Å²) in [5.74, 6) is 0.369. The van der Waals surface area contributed by atoms with Crippen LogP contribution in [0.4, 0.5) is 0 Å². The van der Waals surface area contributed by atoms with Crippen LogP contribution in [0.1, 0.15) is 39.5 Å². The Balaban J connectivity index is 1.93. The third kappa shape index (κ3) is 4.40. The molecule has 0 saturated carbocycles. The first-order valence-electron chi connectivity index (χ1n) is 5.61. The second kappa shape index (κ2) is 6.38. The Morgan fingerprint density at radius 2 is 1.86 bits per heavy atom. The standard InChI is InChI=1S/C11H22O3/c1-9(2)10(12)5-3-4-6-11-13-7-8-14-11/h9-12H,3-8H2,1-2H3. The van der Waals surface area contributed by atoms with E-state index >= 15 is 0 Å². The summed E-state index contributed by atoms with van der Waals surface area (Å²) in [6, 6.07) is 0. The van der Waals surface area contributed by atoms with Crippen LogP contribution in [0.2, 0.25) is 0 Å². The van der Waals surface area contributed by atoms with Crippen molar-refractivity contribution in [1.29, 1.82) is 0 Å². The molecule has 1 unspecified atom stereocenters. The first-order valence-corrected chi connectivity index (χ1v) is 5.61. The molecule has 1 aliphatic heterocycles. The third-order valence-corrected chi connectivity index (χ3v) is 2.65. The largest absolute Gasteiger partial charge is 0.393 e. The molecule has 1 rings (SSSR count). The van der Waals surface area contributed by atoms with Crippen LogP contribution in [0, 0.1) is 5.92 Å². The highest BCUT2D eigenvalue weighted by Gasteiger charge is 2.15. The fourth-order valence-corrected chi connectivity index (χ4v) is 1.57. The predicted octanol–water partition coefficient (Wildman–Crippen LogP) is 1.94. The van der Waals surface area contributed by atoms with Crippen molar-refractivity contribution >= 4 is 0 Å². The van der Waals surface area contributed by atoms with Gasteiger partial charge in [-0.1, -0.05) is 20.3 Å². The maximum absolute atomic E-state index is 9.56. The van der Waals surface area contributed by atoms with Gasteiger partial charge in [-0.15, -0.1) is 0 Å². The van der Waals surface area contributed by atoms with E-state index in [4.69, 9.17) is 9.47 Å². The summed E-state index contributed by atoms with van der Waals surface area (Å²) in [4.78, 5) is 0. The minimum atomic E-state index is -0.152. The zero-order valence-corrected chi connectivity index (χ0v) is 9.24. The van der Waals surface area contributed by atoms with E-state index in [0.29, 0.717) is 5.92 Å². The molecule has 0 aromatic rings. The summed E-state index contributed by atoms with van der Waals surface area (Å²) in [5.41, 5.74) is 0. The molecule has 0 aliphatic carbocycles. The lowest BCUT2D eigenvalue weighted by atomic mass is 10.0. The van der Waals surface area contributed by atoms with E-state index in [1.54, 1.807) is 0 Å². The molecule has 1 atom stereocenters. The van der Waals surface area contributed by atoms with Gasteiger partial charge < -0.3 is 14.6 Å². The fraction of sp³-hybridized carbons (Fsp3) is 1.00. The normalized spacial score (nSPS) is 20.6. The van der Waals surface area contributed by atoms with Crippen LogP contribution in [-0.4, -0.2) is 30.7 Å². The molecule has 1 N–H and O–H groups in total. The second-order valence-corrected chi connectivity index (χ2v) is 4.27. The van der Waals surface area contributed by atoms with E-state index in [2.05, 4.69) is 0 Å². The highest BCUT2D eigenvalue weighted by Crippen LogP contribution is 2.15. The van der Waals surface area contributed by atoms with Crippen molar-refractivity contribution in [3.05, 3.63) is 0 Å². The molecule has 0 bridgehead atoms. The lowest BCUT2D eigenvalue weighted by molar-refractivity contribution is -0.0485. The van der Waals surface area contributed by atoms with Gasteiger partial charge in [0.05, 0.1) is 19.3 Å². The molecule has 84 valence electrons. The highest BCUT2D eigenvalue weighted by molar-refractivity contribution is 4.60. The average molecular weight is 202 g/mol. The lowest BCUT2D eigenvalue weighted by Gasteiger charge is -2.14. The van der Waals surface area contributed by atoms with Crippen molar-refractivity contribution < 1.29 is 14.6 Å². The van der Waals surface area contributed by atoms with Crippen LogP contribution in [0.3, 0.4) is 0 Å². The smallest absolute Gasteiger partial charge is 0.157 e. The monoisotopic (exact) mass is 202 g/mol. The second-order valence-electron chi connectivity index (χ2n) is 4.27. The van der Waals surface area contributed by atoms with Gasteiger partial charge in [-0.05, 0) is 25.2 Å². The molecule has 14 heavy (non-hydrogen) atoms. The molecule has 0 radical (unpaired) electrons. The van der Waals surface area contributed by atoms with Crippen LogP contribution in [0.15, 0.2) is 0 Å². The van der Waals surface area contributed by atoms with Crippen LogP contribution >= 0.6 is 0 Å². The molecule has 1 heterocycles. The Kier molecular flexibility index (Phi) is 5.45. The van der Waals surface area contributed by atoms with Gasteiger partial charge in [-0.25, -0.2) is 0 Å². The van der Waals surface area contributed by atoms with Crippen molar-refractivity contribution in [3.8, 4) is 0 Å². The number of aliphatic hydroxyl groups is 1. The first kappa shape index (κ1) is 12.0. The fourth-order valence-electron chi connectivity index (χ4n) is 1.57. The molecule has 0 amide bonds. The van der Waals surface area contributed by atoms with Gasteiger partial charge in [-0.3, -0.25) is 0 Å². The number of aliphatic hydroxyl groups excluding tert-OH is 1. The zero-order valence-electron chi connectivity index (χ0n) is 9.24. The lowest BCUT2D eigenvalue weighted by Crippen LogP contribution is -2.14. The molecule has 0 aromatic carbocycles. The molecule has 1 aliphatic rings. The van der Waals surface area contributed by atoms with Gasteiger partial charge >= 0.3 is 0 Å². The molecule has 0 spiro atoms. The summed E-state index contributed by atoms with van der Waals surface area (Å²) in [6.07, 6.45) is 3.86. The summed E-state index contributed by atoms with van der Waals surface area (Å²) in [7, 11) is 0. The van der Waals surface area contributed by atoms with Gasteiger partial charge in [0.25, 0.3) is 0 Å². The van der Waals surface area contributed by atoms with Crippen LogP contribution < -0.4 is 0 Å². The van der Waals surface area contributed by atoms with Gasteiger partial charge in [0.15, 0.2) is 6.29 Å². The third-order valence-electron chi connectivity index (χ3n) is 2.65. The Morgan fingerprint density at radius 3 is 2.43 bits per heavy atom. The Morgan fingerprint density at radius 1 is 1.21 bits per heavy atom. The minimum Gasteiger partial charge on any atom is -0.393 e. The SMILES string of the molecule is CC(C)C(O)CCCCC1OCCO1. The van der Waals surface area contributed by atoms with Gasteiger partial charge in [0.1, 0.15) is 0 Å². The Bertz CT molecular complexity index is 137. The summed E-state index contributed by atoms with van der Waals surface area (Å²) in [6.45, 7) is 5.57.